The molecule has 9 nitrogen and oxygen atoms in total. The van der Waals surface area contributed by atoms with Crippen molar-refractivity contribution in [2.75, 3.05) is 13.2 Å². The Morgan fingerprint density at radius 3 is 2.38 bits per heavy atom. The van der Waals surface area contributed by atoms with E-state index in [1.807, 2.05) is 6.08 Å². The van der Waals surface area contributed by atoms with E-state index in [2.05, 4.69) is 24.4 Å². The van der Waals surface area contributed by atoms with Gasteiger partial charge in [-0.3, -0.25) is 4.79 Å². The summed E-state index contributed by atoms with van der Waals surface area (Å²) in [5.41, 5.74) is 0. The fraction of sp³-hybridized carbons (Fsp3) is 0.783. The van der Waals surface area contributed by atoms with Crippen LogP contribution in [0.5, 0.6) is 0 Å². The van der Waals surface area contributed by atoms with E-state index < -0.39 is 49.5 Å². The third-order valence-corrected chi connectivity index (χ3v) is 5.31. The van der Waals surface area contributed by atoms with Gasteiger partial charge in [0.05, 0.1) is 25.4 Å². The second kappa shape index (κ2) is 16.3. The first kappa shape index (κ1) is 28.7. The lowest BCUT2D eigenvalue weighted by Gasteiger charge is -2.40. The molecule has 7 atom stereocenters. The first-order chi connectivity index (χ1) is 15.3. The molecule has 186 valence electrons. The van der Waals surface area contributed by atoms with E-state index in [0.29, 0.717) is 0 Å². The SMILES string of the molecule is CCCCCC/C=C/CC/C=C/C(O)C(COC1OC(CO)C(O)C(O)C1O)NC(C)=O. The van der Waals surface area contributed by atoms with Crippen molar-refractivity contribution < 1.29 is 39.8 Å². The highest BCUT2D eigenvalue weighted by atomic mass is 16.7. The van der Waals surface area contributed by atoms with Crippen LogP contribution >= 0.6 is 0 Å². The van der Waals surface area contributed by atoms with Gasteiger partial charge in [0.2, 0.25) is 5.91 Å². The molecule has 0 radical (unpaired) electrons. The number of nitrogens with one attached hydrogen (secondary N) is 1. The van der Waals surface area contributed by atoms with Crippen LogP contribution in [0.4, 0.5) is 0 Å². The molecule has 0 aromatic rings. The molecule has 1 aliphatic heterocycles. The molecule has 32 heavy (non-hydrogen) atoms. The zero-order valence-electron chi connectivity index (χ0n) is 19.2. The van der Waals surface area contributed by atoms with Crippen LogP contribution in [0.25, 0.3) is 0 Å². The first-order valence-corrected chi connectivity index (χ1v) is 11.5. The average molecular weight is 460 g/mol. The Kier molecular flexibility index (Phi) is 14.6. The van der Waals surface area contributed by atoms with Gasteiger partial charge in [-0.05, 0) is 25.7 Å². The van der Waals surface area contributed by atoms with Crippen molar-refractivity contribution in [3.63, 3.8) is 0 Å². The van der Waals surface area contributed by atoms with Gasteiger partial charge in [-0.25, -0.2) is 0 Å². The number of carbonyl (C=O) groups is 1. The molecule has 0 saturated carbocycles. The molecular weight excluding hydrogens is 418 g/mol. The number of aliphatic hydroxyl groups excluding tert-OH is 5. The summed E-state index contributed by atoms with van der Waals surface area (Å²) in [6.45, 7) is 2.71. The molecule has 1 aliphatic rings. The largest absolute Gasteiger partial charge is 0.394 e. The number of amides is 1. The van der Waals surface area contributed by atoms with E-state index >= 15 is 0 Å². The highest BCUT2D eigenvalue weighted by Gasteiger charge is 2.44. The Morgan fingerprint density at radius 2 is 1.72 bits per heavy atom. The van der Waals surface area contributed by atoms with Crippen LogP contribution in [-0.4, -0.2) is 87.5 Å². The van der Waals surface area contributed by atoms with Crippen LogP contribution in [0.3, 0.4) is 0 Å². The lowest BCUT2D eigenvalue weighted by molar-refractivity contribution is -0.302. The Labute approximate surface area is 190 Å². The molecule has 1 heterocycles. The molecule has 1 fully saturated rings. The normalized spacial score (nSPS) is 28.3. The van der Waals surface area contributed by atoms with Gasteiger partial charge in [0.25, 0.3) is 0 Å². The number of hydrogen-bond acceptors (Lipinski definition) is 8. The average Bonchev–Trinajstić information content (AvgIpc) is 2.77. The summed E-state index contributed by atoms with van der Waals surface area (Å²) in [4.78, 5) is 11.5. The topological polar surface area (TPSA) is 149 Å². The lowest BCUT2D eigenvalue weighted by Crippen LogP contribution is -2.60. The smallest absolute Gasteiger partial charge is 0.217 e. The second-order valence-electron chi connectivity index (χ2n) is 8.15. The van der Waals surface area contributed by atoms with Gasteiger partial charge in [-0.15, -0.1) is 0 Å². The van der Waals surface area contributed by atoms with Crippen molar-refractivity contribution >= 4 is 5.91 Å². The summed E-state index contributed by atoms with van der Waals surface area (Å²) in [5, 5.41) is 52.0. The maximum atomic E-state index is 11.5. The standard InChI is InChI=1S/C23H41NO8/c1-3-4-5-6-7-8-9-10-11-12-13-18(27)17(24-16(2)26)15-31-23-22(30)21(29)20(28)19(14-25)32-23/h8-9,12-13,17-23,25,27-30H,3-7,10-11,14-15H2,1-2H3,(H,24,26)/b9-8+,13-12+. The first-order valence-electron chi connectivity index (χ1n) is 11.5. The zero-order valence-corrected chi connectivity index (χ0v) is 19.2. The maximum absolute atomic E-state index is 11.5. The Hall–Kier alpha value is -1.33. The summed E-state index contributed by atoms with van der Waals surface area (Å²) < 4.78 is 10.7. The minimum absolute atomic E-state index is 0.217. The number of carbonyl (C=O) groups excluding carboxylic acids is 1. The molecular formula is C23H41NO8. The van der Waals surface area contributed by atoms with E-state index in [9.17, 15) is 30.3 Å². The third-order valence-electron chi connectivity index (χ3n) is 5.31. The van der Waals surface area contributed by atoms with Gasteiger partial charge in [-0.1, -0.05) is 50.5 Å². The minimum Gasteiger partial charge on any atom is -0.394 e. The van der Waals surface area contributed by atoms with Crippen LogP contribution < -0.4 is 5.32 Å². The summed E-state index contributed by atoms with van der Waals surface area (Å²) in [6.07, 6.45) is 7.25. The second-order valence-corrected chi connectivity index (χ2v) is 8.15. The molecule has 1 saturated heterocycles. The van der Waals surface area contributed by atoms with Gasteiger partial charge in [0, 0.05) is 6.92 Å². The van der Waals surface area contributed by atoms with E-state index in [-0.39, 0.29) is 12.5 Å². The zero-order chi connectivity index (χ0) is 23.9. The van der Waals surface area contributed by atoms with Crippen molar-refractivity contribution in [3.8, 4) is 0 Å². The molecule has 6 N–H and O–H groups in total. The van der Waals surface area contributed by atoms with Crippen molar-refractivity contribution in [2.24, 2.45) is 0 Å². The monoisotopic (exact) mass is 459 g/mol. The highest BCUT2D eigenvalue weighted by molar-refractivity contribution is 5.73. The highest BCUT2D eigenvalue weighted by Crippen LogP contribution is 2.22. The van der Waals surface area contributed by atoms with Crippen molar-refractivity contribution in [2.45, 2.75) is 102 Å². The van der Waals surface area contributed by atoms with E-state index in [0.717, 1.165) is 19.3 Å². The summed E-state index contributed by atoms with van der Waals surface area (Å²) in [6, 6.07) is -0.815. The minimum atomic E-state index is -1.56. The molecule has 9 heteroatoms. The fourth-order valence-corrected chi connectivity index (χ4v) is 3.38. The fourth-order valence-electron chi connectivity index (χ4n) is 3.38. The molecule has 0 aliphatic carbocycles. The lowest BCUT2D eigenvalue weighted by atomic mass is 9.99. The Morgan fingerprint density at radius 1 is 1.03 bits per heavy atom. The number of rotatable bonds is 15. The molecule has 0 aromatic heterocycles. The quantitative estimate of drug-likeness (QED) is 0.153. The predicted molar refractivity (Wildman–Crippen MR) is 120 cm³/mol. The number of ether oxygens (including phenoxy) is 2. The summed E-state index contributed by atoms with van der Waals surface area (Å²) in [7, 11) is 0. The van der Waals surface area contributed by atoms with Gasteiger partial charge >= 0.3 is 0 Å². The molecule has 1 amide bonds. The van der Waals surface area contributed by atoms with Gasteiger partial charge < -0.3 is 40.3 Å². The summed E-state index contributed by atoms with van der Waals surface area (Å²) in [5.74, 6) is -0.370. The summed E-state index contributed by atoms with van der Waals surface area (Å²) >= 11 is 0. The van der Waals surface area contributed by atoms with Crippen LogP contribution in [0.1, 0.15) is 58.8 Å². The van der Waals surface area contributed by atoms with Crippen molar-refractivity contribution in [3.05, 3.63) is 24.3 Å². The molecule has 1 rings (SSSR count). The van der Waals surface area contributed by atoms with Gasteiger partial charge in [-0.2, -0.15) is 0 Å². The molecule has 0 bridgehead atoms. The van der Waals surface area contributed by atoms with Crippen LogP contribution in [0, 0.1) is 0 Å². The number of unbranched alkanes of at least 4 members (excludes halogenated alkanes) is 5. The van der Waals surface area contributed by atoms with Crippen LogP contribution in [0.15, 0.2) is 24.3 Å². The van der Waals surface area contributed by atoms with E-state index in [1.165, 1.54) is 32.6 Å². The van der Waals surface area contributed by atoms with Crippen LogP contribution in [0.2, 0.25) is 0 Å². The maximum Gasteiger partial charge on any atom is 0.217 e. The van der Waals surface area contributed by atoms with Gasteiger partial charge in [0.15, 0.2) is 6.29 Å². The predicted octanol–water partition coefficient (Wildman–Crippen LogP) is 0.531. The van der Waals surface area contributed by atoms with Crippen LogP contribution in [-0.2, 0) is 14.3 Å². The Bertz CT molecular complexity index is 568. The van der Waals surface area contributed by atoms with Gasteiger partial charge in [0.1, 0.15) is 24.4 Å². The molecule has 7 unspecified atom stereocenters. The number of allylic oxidation sites excluding steroid dienone is 3. The van der Waals surface area contributed by atoms with E-state index in [1.54, 1.807) is 6.08 Å². The molecule has 0 aromatic carbocycles. The number of aliphatic hydroxyl groups is 5. The Balaban J connectivity index is 2.49. The van der Waals surface area contributed by atoms with Crippen molar-refractivity contribution in [1.82, 2.24) is 5.32 Å². The number of hydrogen-bond donors (Lipinski definition) is 6. The molecule has 0 spiro atoms. The van der Waals surface area contributed by atoms with E-state index in [4.69, 9.17) is 9.47 Å². The van der Waals surface area contributed by atoms with Crippen molar-refractivity contribution in [1.29, 1.82) is 0 Å². The third kappa shape index (κ3) is 10.5.